The number of nitrogens with zero attached hydrogens (tertiary/aromatic N) is 2. The SMILES string of the molecule is Fc1ccc(F)c(CN2CCN(c3ccc(Cl)cc3)CC2)c1. The molecule has 22 heavy (non-hydrogen) atoms. The zero-order chi connectivity index (χ0) is 15.5. The minimum absolute atomic E-state index is 0.346. The van der Waals surface area contributed by atoms with Crippen LogP contribution < -0.4 is 4.90 Å². The minimum Gasteiger partial charge on any atom is -0.369 e. The zero-order valence-corrected chi connectivity index (χ0v) is 12.9. The van der Waals surface area contributed by atoms with E-state index >= 15 is 0 Å². The molecule has 116 valence electrons. The van der Waals surface area contributed by atoms with Gasteiger partial charge in [-0.25, -0.2) is 8.78 Å². The summed E-state index contributed by atoms with van der Waals surface area (Å²) in [5, 5.41) is 0.726. The Hall–Kier alpha value is -1.65. The van der Waals surface area contributed by atoms with E-state index in [1.165, 1.54) is 12.1 Å². The molecule has 0 amide bonds. The van der Waals surface area contributed by atoms with Gasteiger partial charge in [-0.2, -0.15) is 0 Å². The van der Waals surface area contributed by atoms with Crippen LogP contribution in [0.3, 0.4) is 0 Å². The highest BCUT2D eigenvalue weighted by molar-refractivity contribution is 6.30. The smallest absolute Gasteiger partial charge is 0.127 e. The van der Waals surface area contributed by atoms with E-state index < -0.39 is 5.82 Å². The van der Waals surface area contributed by atoms with E-state index in [1.807, 2.05) is 24.3 Å². The number of rotatable bonds is 3. The summed E-state index contributed by atoms with van der Waals surface area (Å²) in [5.41, 5.74) is 1.56. The number of hydrogen-bond donors (Lipinski definition) is 0. The molecule has 1 saturated heterocycles. The molecule has 0 aromatic heterocycles. The topological polar surface area (TPSA) is 6.48 Å². The lowest BCUT2D eigenvalue weighted by Crippen LogP contribution is -2.46. The average Bonchev–Trinajstić information content (AvgIpc) is 2.53. The van der Waals surface area contributed by atoms with Crippen molar-refractivity contribution in [3.8, 4) is 0 Å². The van der Waals surface area contributed by atoms with E-state index in [4.69, 9.17) is 11.6 Å². The van der Waals surface area contributed by atoms with Crippen molar-refractivity contribution in [2.45, 2.75) is 6.54 Å². The molecule has 0 bridgehead atoms. The first-order valence-corrected chi connectivity index (χ1v) is 7.66. The van der Waals surface area contributed by atoms with Crippen molar-refractivity contribution in [1.82, 2.24) is 4.90 Å². The lowest BCUT2D eigenvalue weighted by Gasteiger charge is -2.36. The molecule has 2 aromatic rings. The van der Waals surface area contributed by atoms with E-state index in [2.05, 4.69) is 9.80 Å². The normalized spacial score (nSPS) is 16.0. The van der Waals surface area contributed by atoms with Gasteiger partial charge in [-0.1, -0.05) is 11.6 Å². The van der Waals surface area contributed by atoms with Gasteiger partial charge in [0, 0.05) is 49.0 Å². The van der Waals surface area contributed by atoms with Crippen molar-refractivity contribution in [3.63, 3.8) is 0 Å². The summed E-state index contributed by atoms with van der Waals surface area (Å²) in [5.74, 6) is -0.738. The lowest BCUT2D eigenvalue weighted by atomic mass is 10.1. The van der Waals surface area contributed by atoms with Crippen molar-refractivity contribution in [2.24, 2.45) is 0 Å². The molecule has 5 heteroatoms. The highest BCUT2D eigenvalue weighted by atomic mass is 35.5. The minimum atomic E-state index is -0.392. The molecule has 0 saturated carbocycles. The van der Waals surface area contributed by atoms with Gasteiger partial charge < -0.3 is 4.90 Å². The van der Waals surface area contributed by atoms with Gasteiger partial charge in [-0.3, -0.25) is 4.90 Å². The van der Waals surface area contributed by atoms with Crippen LogP contribution in [0.2, 0.25) is 5.02 Å². The highest BCUT2D eigenvalue weighted by Gasteiger charge is 2.18. The second-order valence-electron chi connectivity index (χ2n) is 5.48. The Morgan fingerprint density at radius 3 is 2.27 bits per heavy atom. The molecule has 0 N–H and O–H groups in total. The maximum Gasteiger partial charge on any atom is 0.127 e. The zero-order valence-electron chi connectivity index (χ0n) is 12.1. The third-order valence-electron chi connectivity index (χ3n) is 3.97. The van der Waals surface area contributed by atoms with Gasteiger partial charge in [0.25, 0.3) is 0 Å². The van der Waals surface area contributed by atoms with E-state index in [1.54, 1.807) is 0 Å². The number of benzene rings is 2. The predicted molar refractivity (Wildman–Crippen MR) is 85.3 cm³/mol. The van der Waals surface area contributed by atoms with Crippen LogP contribution in [0, 0.1) is 11.6 Å². The Balaban J connectivity index is 1.60. The molecular weight excluding hydrogens is 306 g/mol. The fourth-order valence-corrected chi connectivity index (χ4v) is 2.85. The third kappa shape index (κ3) is 3.57. The Bertz CT molecular complexity index is 638. The van der Waals surface area contributed by atoms with Crippen molar-refractivity contribution in [2.75, 3.05) is 31.1 Å². The molecule has 0 unspecified atom stereocenters. The predicted octanol–water partition coefficient (Wildman–Crippen LogP) is 3.94. The second kappa shape index (κ2) is 6.63. The van der Waals surface area contributed by atoms with E-state index in [0.29, 0.717) is 12.1 Å². The Morgan fingerprint density at radius 2 is 1.59 bits per heavy atom. The first-order valence-electron chi connectivity index (χ1n) is 7.28. The molecule has 0 atom stereocenters. The summed E-state index contributed by atoms with van der Waals surface area (Å²) in [6.07, 6.45) is 0. The third-order valence-corrected chi connectivity index (χ3v) is 4.22. The monoisotopic (exact) mass is 322 g/mol. The first kappa shape index (κ1) is 15.3. The van der Waals surface area contributed by atoms with E-state index in [9.17, 15) is 8.78 Å². The van der Waals surface area contributed by atoms with Crippen LogP contribution in [0.4, 0.5) is 14.5 Å². The number of piperazine rings is 1. The molecule has 1 aliphatic rings. The summed E-state index contributed by atoms with van der Waals surface area (Å²) in [7, 11) is 0. The Kier molecular flexibility index (Phi) is 4.60. The second-order valence-corrected chi connectivity index (χ2v) is 5.91. The molecule has 2 aromatic carbocycles. The molecule has 0 aliphatic carbocycles. The summed E-state index contributed by atoms with van der Waals surface area (Å²) >= 11 is 5.90. The molecule has 0 spiro atoms. The molecule has 1 aliphatic heterocycles. The number of anilines is 1. The van der Waals surface area contributed by atoms with Crippen LogP contribution in [0.25, 0.3) is 0 Å². The molecule has 1 heterocycles. The van der Waals surface area contributed by atoms with Crippen LogP contribution in [-0.4, -0.2) is 31.1 Å². The highest BCUT2D eigenvalue weighted by Crippen LogP contribution is 2.20. The maximum atomic E-state index is 13.7. The summed E-state index contributed by atoms with van der Waals surface area (Å²) < 4.78 is 26.9. The lowest BCUT2D eigenvalue weighted by molar-refractivity contribution is 0.246. The maximum absolute atomic E-state index is 13.7. The molecule has 3 rings (SSSR count). The van der Waals surface area contributed by atoms with Crippen molar-refractivity contribution >= 4 is 17.3 Å². The largest absolute Gasteiger partial charge is 0.369 e. The van der Waals surface area contributed by atoms with Crippen molar-refractivity contribution in [3.05, 3.63) is 64.7 Å². The first-order chi connectivity index (χ1) is 10.6. The molecular formula is C17H17ClF2N2. The van der Waals surface area contributed by atoms with Crippen molar-refractivity contribution in [1.29, 1.82) is 0 Å². The van der Waals surface area contributed by atoms with Crippen molar-refractivity contribution < 1.29 is 8.78 Å². The fourth-order valence-electron chi connectivity index (χ4n) is 2.72. The van der Waals surface area contributed by atoms with E-state index in [0.717, 1.165) is 43.0 Å². The Labute approximate surface area is 133 Å². The van der Waals surface area contributed by atoms with Gasteiger partial charge in [0.15, 0.2) is 0 Å². The Morgan fingerprint density at radius 1 is 0.909 bits per heavy atom. The van der Waals surface area contributed by atoms with Gasteiger partial charge in [0.05, 0.1) is 0 Å². The van der Waals surface area contributed by atoms with Gasteiger partial charge in [0.1, 0.15) is 11.6 Å². The number of halogens is 3. The average molecular weight is 323 g/mol. The number of hydrogen-bond acceptors (Lipinski definition) is 2. The van der Waals surface area contributed by atoms with Gasteiger partial charge in [-0.05, 0) is 42.5 Å². The standard InChI is InChI=1S/C17H17ClF2N2/c18-14-1-4-16(5-2-14)22-9-7-21(8-10-22)12-13-11-15(19)3-6-17(13)20/h1-6,11H,7-10,12H2. The fraction of sp³-hybridized carbons (Fsp3) is 0.294. The van der Waals surface area contributed by atoms with Crippen LogP contribution in [0.5, 0.6) is 0 Å². The van der Waals surface area contributed by atoms with Crippen LogP contribution >= 0.6 is 11.6 Å². The molecule has 0 radical (unpaired) electrons. The summed E-state index contributed by atoms with van der Waals surface area (Å²) in [6, 6.07) is 11.4. The van der Waals surface area contributed by atoms with Crippen LogP contribution in [0.15, 0.2) is 42.5 Å². The summed E-state index contributed by atoms with van der Waals surface area (Å²) in [6.45, 7) is 3.80. The van der Waals surface area contributed by atoms with E-state index in [-0.39, 0.29) is 5.82 Å². The quantitative estimate of drug-likeness (QED) is 0.844. The van der Waals surface area contributed by atoms with Crippen LogP contribution in [0.1, 0.15) is 5.56 Å². The van der Waals surface area contributed by atoms with Gasteiger partial charge >= 0.3 is 0 Å². The van der Waals surface area contributed by atoms with Crippen LogP contribution in [-0.2, 0) is 6.54 Å². The molecule has 1 fully saturated rings. The van der Waals surface area contributed by atoms with Gasteiger partial charge in [-0.15, -0.1) is 0 Å². The molecule has 2 nitrogen and oxygen atoms in total. The summed E-state index contributed by atoms with van der Waals surface area (Å²) in [4.78, 5) is 4.42. The van der Waals surface area contributed by atoms with Gasteiger partial charge in [0.2, 0.25) is 0 Å².